The summed E-state index contributed by atoms with van der Waals surface area (Å²) in [7, 11) is 2.19. The van der Waals surface area contributed by atoms with Crippen LogP contribution < -0.4 is 10.9 Å². The molecule has 4 rings (SSSR count). The van der Waals surface area contributed by atoms with E-state index in [1.807, 2.05) is 0 Å². The Morgan fingerprint density at radius 3 is 1.68 bits per heavy atom. The molecular weight excluding hydrogens is 303 g/mol. The van der Waals surface area contributed by atoms with Crippen LogP contribution in [-0.2, 0) is 4.28 Å². The van der Waals surface area contributed by atoms with Crippen LogP contribution in [0.4, 0.5) is 0 Å². The molecule has 1 nitrogen and oxygen atoms in total. The molecule has 0 aromatic heterocycles. The van der Waals surface area contributed by atoms with Gasteiger partial charge >= 0.3 is 6.35 Å². The summed E-state index contributed by atoms with van der Waals surface area (Å²) >= 11 is 0. The average Bonchev–Trinajstić information content (AvgIpc) is 2.70. The highest BCUT2D eigenvalue weighted by atomic mass is 16.6. The van der Waals surface area contributed by atoms with Crippen molar-refractivity contribution in [2.75, 3.05) is 13.7 Å². The molecule has 0 aliphatic carbocycles. The zero-order chi connectivity index (χ0) is 17.1. The summed E-state index contributed by atoms with van der Waals surface area (Å²) in [5.41, 5.74) is 5.39. The van der Waals surface area contributed by atoms with Crippen LogP contribution in [0.3, 0.4) is 0 Å². The van der Waals surface area contributed by atoms with Gasteiger partial charge in [0.15, 0.2) is 0 Å². The second-order valence-electron chi connectivity index (χ2n) is 6.82. The van der Waals surface area contributed by atoms with Crippen LogP contribution in [0, 0.1) is 0 Å². The van der Waals surface area contributed by atoms with Crippen molar-refractivity contribution >= 4 is 22.7 Å². The minimum atomic E-state index is -1.22. The van der Waals surface area contributed by atoms with Gasteiger partial charge in [0, 0.05) is 6.42 Å². The molecule has 0 amide bonds. The molecule has 1 heterocycles. The topological polar surface area (TPSA) is 2.70 Å². The van der Waals surface area contributed by atoms with Gasteiger partial charge in [0.1, 0.15) is 6.61 Å². The second-order valence-corrected chi connectivity index (χ2v) is 6.82. The average molecular weight is 326 g/mol. The predicted octanol–water partition coefficient (Wildman–Crippen LogP) is 3.95. The van der Waals surface area contributed by atoms with E-state index in [-0.39, 0.29) is 0 Å². The third-order valence-electron chi connectivity index (χ3n) is 5.49. The quantitative estimate of drug-likeness (QED) is 0.506. The lowest BCUT2D eigenvalue weighted by Crippen LogP contribution is -2.67. The monoisotopic (exact) mass is 326 g/mol. The van der Waals surface area contributed by atoms with Crippen molar-refractivity contribution in [3.63, 3.8) is 0 Å². The van der Waals surface area contributed by atoms with Crippen molar-refractivity contribution in [1.29, 1.82) is 0 Å². The largest absolute Gasteiger partial charge is 0.662 e. The van der Waals surface area contributed by atoms with Gasteiger partial charge in [0.25, 0.3) is 0 Å². The summed E-state index contributed by atoms with van der Waals surface area (Å²) in [4.78, 5) is 0. The fourth-order valence-corrected chi connectivity index (χ4v) is 4.41. The zero-order valence-electron chi connectivity index (χ0n) is 14.6. The van der Waals surface area contributed by atoms with E-state index in [2.05, 4.69) is 108 Å². The smallest absolute Gasteiger partial charge is 0.376 e. The molecule has 0 spiro atoms. The summed E-state index contributed by atoms with van der Waals surface area (Å²) < 4.78 is 3.54. The van der Waals surface area contributed by atoms with Crippen molar-refractivity contribution < 1.29 is 4.28 Å². The summed E-state index contributed by atoms with van der Waals surface area (Å²) in [5, 5.41) is 0. The van der Waals surface area contributed by atoms with Crippen molar-refractivity contribution in [1.82, 2.24) is 0 Å². The number of hydrogen-bond donors (Lipinski definition) is 0. The van der Waals surface area contributed by atoms with Gasteiger partial charge in [-0.2, -0.15) is 0 Å². The Hall–Kier alpha value is -2.58. The summed E-state index contributed by atoms with van der Waals surface area (Å²) in [5.74, 6) is 0. The Bertz CT molecular complexity index is 817. The van der Waals surface area contributed by atoms with E-state index >= 15 is 0 Å². The third-order valence-corrected chi connectivity index (χ3v) is 5.49. The highest BCUT2D eigenvalue weighted by Gasteiger charge is 2.46. The van der Waals surface area contributed by atoms with Gasteiger partial charge in [-0.1, -0.05) is 96.6 Å². The van der Waals surface area contributed by atoms with E-state index in [0.717, 1.165) is 13.0 Å². The molecule has 0 bridgehead atoms. The lowest BCUT2D eigenvalue weighted by atomic mass is 9.26. The number of rotatable bonds is 3. The number of hydrogen-bond acceptors (Lipinski definition) is 0. The van der Waals surface area contributed by atoms with E-state index in [1.54, 1.807) is 0 Å². The second kappa shape index (κ2) is 6.74. The molecule has 124 valence electrons. The fourth-order valence-electron chi connectivity index (χ4n) is 4.41. The van der Waals surface area contributed by atoms with Gasteiger partial charge in [-0.15, -0.1) is 22.5 Å². The van der Waals surface area contributed by atoms with Crippen LogP contribution in [0.2, 0.25) is 0 Å². The normalized spacial score (nSPS) is 17.1. The van der Waals surface area contributed by atoms with Crippen LogP contribution in [-0.4, -0.2) is 20.1 Å². The first kappa shape index (κ1) is 15.9. The fraction of sp³-hybridized carbons (Fsp3) is 0.130. The van der Waals surface area contributed by atoms with Crippen LogP contribution >= 0.6 is 0 Å². The predicted molar refractivity (Wildman–Crippen MR) is 109 cm³/mol. The third kappa shape index (κ3) is 2.63. The first-order valence-electron chi connectivity index (χ1n) is 8.98. The van der Waals surface area contributed by atoms with Crippen molar-refractivity contribution in [3.05, 3.63) is 103 Å². The van der Waals surface area contributed by atoms with Crippen LogP contribution in [0.1, 0.15) is 12.0 Å². The Labute approximate surface area is 150 Å². The van der Waals surface area contributed by atoms with Crippen molar-refractivity contribution in [3.8, 4) is 0 Å². The molecule has 2 heteroatoms. The Morgan fingerprint density at radius 2 is 1.16 bits per heavy atom. The summed E-state index contributed by atoms with van der Waals surface area (Å²) in [6.07, 6.45) is 2.26. The molecule has 1 aliphatic rings. The van der Waals surface area contributed by atoms with Crippen molar-refractivity contribution in [2.24, 2.45) is 0 Å². The molecule has 0 N–H and O–H groups in total. The molecule has 0 unspecified atom stereocenters. The molecule has 0 saturated carbocycles. The Balaban J connectivity index is 2.04. The van der Waals surface area contributed by atoms with Gasteiger partial charge in [-0.25, -0.2) is 0 Å². The molecular formula is C23H23BO. The summed E-state index contributed by atoms with van der Waals surface area (Å²) in [6, 6.07) is 32.6. The van der Waals surface area contributed by atoms with E-state index < -0.39 is 6.35 Å². The van der Waals surface area contributed by atoms with Crippen molar-refractivity contribution in [2.45, 2.75) is 6.42 Å². The van der Waals surface area contributed by atoms with Crippen LogP contribution in [0.15, 0.2) is 97.1 Å². The molecule has 0 saturated heterocycles. The van der Waals surface area contributed by atoms with Gasteiger partial charge in [0.2, 0.25) is 0 Å². The molecule has 0 radical (unpaired) electrons. The molecule has 3 aromatic carbocycles. The van der Waals surface area contributed by atoms with Gasteiger partial charge in [-0.05, 0) is 0 Å². The first-order valence-corrected chi connectivity index (χ1v) is 8.98. The lowest BCUT2D eigenvalue weighted by molar-refractivity contribution is 0.0566. The minimum Gasteiger partial charge on any atom is -0.662 e. The Kier molecular flexibility index (Phi) is 4.29. The van der Waals surface area contributed by atoms with Gasteiger partial charge in [-0.3, -0.25) is 0 Å². The highest BCUT2D eigenvalue weighted by Crippen LogP contribution is 2.34. The maximum atomic E-state index is 3.54. The SMILES string of the molecule is C[O+]1CCC=C(c2ccccc2)[B-]1(c1ccccc1)c1ccccc1. The van der Waals surface area contributed by atoms with Crippen LogP contribution in [0.25, 0.3) is 5.47 Å². The van der Waals surface area contributed by atoms with E-state index in [4.69, 9.17) is 0 Å². The van der Waals surface area contributed by atoms with E-state index in [1.165, 1.54) is 22.0 Å². The van der Waals surface area contributed by atoms with E-state index in [0.29, 0.717) is 0 Å². The van der Waals surface area contributed by atoms with Crippen LogP contribution in [0.5, 0.6) is 0 Å². The molecule has 0 atom stereocenters. The maximum Gasteiger partial charge on any atom is 0.376 e. The highest BCUT2D eigenvalue weighted by molar-refractivity contribution is 7.11. The van der Waals surface area contributed by atoms with E-state index in [9.17, 15) is 0 Å². The molecule has 1 aliphatic heterocycles. The maximum absolute atomic E-state index is 3.54. The Morgan fingerprint density at radius 1 is 0.680 bits per heavy atom. The lowest BCUT2D eigenvalue weighted by Gasteiger charge is -2.50. The molecule has 0 fully saturated rings. The standard InChI is InChI=1S/C23H23BO/c1-25-19-11-18-23(20-12-5-2-6-13-20)24(25,21-14-7-3-8-15-21)22-16-9-4-10-17-22/h2-10,12-18H,11,19H2,1H3. The van der Waals surface area contributed by atoms with Gasteiger partial charge < -0.3 is 4.28 Å². The molecule has 25 heavy (non-hydrogen) atoms. The minimum absolute atomic E-state index is 0.986. The summed E-state index contributed by atoms with van der Waals surface area (Å²) in [6.45, 7) is 0.986. The zero-order valence-corrected chi connectivity index (χ0v) is 14.6. The number of benzene rings is 3. The van der Waals surface area contributed by atoms with Gasteiger partial charge in [0.05, 0.1) is 7.11 Å². The molecule has 3 aromatic rings. The first-order chi connectivity index (χ1) is 12.3.